The maximum atomic E-state index is 12.2. The number of nitrogens with two attached hydrogens (primary N) is 1. The highest BCUT2D eigenvalue weighted by molar-refractivity contribution is 5.79. The van der Waals surface area contributed by atoms with Crippen molar-refractivity contribution in [3.63, 3.8) is 0 Å². The number of carbonyl (C=O) groups is 1. The van der Waals surface area contributed by atoms with E-state index in [1.165, 1.54) is 25.7 Å². The number of nitrogens with zero attached hydrogens (tertiary/aromatic N) is 1. The summed E-state index contributed by atoms with van der Waals surface area (Å²) < 4.78 is 0. The van der Waals surface area contributed by atoms with Crippen molar-refractivity contribution in [2.24, 2.45) is 17.6 Å². The van der Waals surface area contributed by atoms with E-state index in [0.29, 0.717) is 23.8 Å². The normalized spacial score (nSPS) is 30.9. The van der Waals surface area contributed by atoms with Gasteiger partial charge in [-0.2, -0.15) is 0 Å². The maximum Gasteiger partial charge on any atom is 0.225 e. The summed E-state index contributed by atoms with van der Waals surface area (Å²) in [4.78, 5) is 14.2. The first-order valence-corrected chi connectivity index (χ1v) is 6.70. The fourth-order valence-corrected chi connectivity index (χ4v) is 3.08. The minimum Gasteiger partial charge on any atom is -0.342 e. The SMILES string of the molecule is CN(C(=O)C1CCC1)C1CCCCC1CN. The Labute approximate surface area is 98.4 Å². The van der Waals surface area contributed by atoms with Gasteiger partial charge < -0.3 is 10.6 Å². The predicted octanol–water partition coefficient (Wildman–Crippen LogP) is 1.76. The summed E-state index contributed by atoms with van der Waals surface area (Å²) in [5.74, 6) is 1.23. The van der Waals surface area contributed by atoms with Crippen LogP contribution in [0.4, 0.5) is 0 Å². The molecule has 1 amide bonds. The van der Waals surface area contributed by atoms with Gasteiger partial charge >= 0.3 is 0 Å². The van der Waals surface area contributed by atoms with E-state index in [1.54, 1.807) is 0 Å². The maximum absolute atomic E-state index is 12.2. The first kappa shape index (κ1) is 11.9. The second-order valence-corrected chi connectivity index (χ2v) is 5.42. The summed E-state index contributed by atoms with van der Waals surface area (Å²) in [6.07, 6.45) is 8.31. The van der Waals surface area contributed by atoms with E-state index in [9.17, 15) is 4.79 Å². The summed E-state index contributed by atoms with van der Waals surface area (Å²) in [7, 11) is 1.99. The smallest absolute Gasteiger partial charge is 0.225 e. The summed E-state index contributed by atoms with van der Waals surface area (Å²) in [5.41, 5.74) is 5.82. The molecule has 0 spiro atoms. The van der Waals surface area contributed by atoms with Crippen molar-refractivity contribution in [3.8, 4) is 0 Å². The third kappa shape index (κ3) is 2.24. The minimum absolute atomic E-state index is 0.324. The molecule has 2 N–H and O–H groups in total. The molecule has 0 heterocycles. The Kier molecular flexibility index (Phi) is 3.85. The molecule has 2 aliphatic carbocycles. The summed E-state index contributed by atoms with van der Waals surface area (Å²) in [5, 5.41) is 0. The Balaban J connectivity index is 1.95. The number of carbonyl (C=O) groups excluding carboxylic acids is 1. The van der Waals surface area contributed by atoms with E-state index in [1.807, 2.05) is 11.9 Å². The van der Waals surface area contributed by atoms with Gasteiger partial charge in [-0.3, -0.25) is 4.79 Å². The fraction of sp³-hybridized carbons (Fsp3) is 0.923. The molecule has 3 nitrogen and oxygen atoms in total. The fourth-order valence-electron chi connectivity index (χ4n) is 3.08. The second-order valence-electron chi connectivity index (χ2n) is 5.42. The molecule has 16 heavy (non-hydrogen) atoms. The number of hydrogen-bond acceptors (Lipinski definition) is 2. The third-order valence-corrected chi connectivity index (χ3v) is 4.47. The summed E-state index contributed by atoms with van der Waals surface area (Å²) in [6, 6.07) is 0.409. The molecular weight excluding hydrogens is 200 g/mol. The van der Waals surface area contributed by atoms with Gasteiger partial charge in [-0.1, -0.05) is 19.3 Å². The number of rotatable bonds is 3. The van der Waals surface area contributed by atoms with Crippen molar-refractivity contribution in [1.82, 2.24) is 4.90 Å². The molecule has 3 heteroatoms. The lowest BCUT2D eigenvalue weighted by Gasteiger charge is -2.40. The molecule has 0 aromatic rings. The lowest BCUT2D eigenvalue weighted by atomic mass is 9.80. The molecule has 2 aliphatic rings. The average Bonchev–Trinajstić information content (AvgIpc) is 2.25. The van der Waals surface area contributed by atoms with Crippen LogP contribution in [-0.4, -0.2) is 30.4 Å². The van der Waals surface area contributed by atoms with Gasteiger partial charge in [-0.25, -0.2) is 0 Å². The van der Waals surface area contributed by atoms with Crippen LogP contribution in [-0.2, 0) is 4.79 Å². The zero-order valence-electron chi connectivity index (χ0n) is 10.3. The standard InChI is InChI=1S/C13H24N2O/c1-15(13(16)10-6-4-7-10)12-8-3-2-5-11(12)9-14/h10-12H,2-9,14H2,1H3. The Hall–Kier alpha value is -0.570. The van der Waals surface area contributed by atoms with Crippen LogP contribution in [0.3, 0.4) is 0 Å². The van der Waals surface area contributed by atoms with Crippen molar-refractivity contribution in [2.45, 2.75) is 51.0 Å². The summed E-state index contributed by atoms with van der Waals surface area (Å²) >= 11 is 0. The van der Waals surface area contributed by atoms with Crippen LogP contribution in [0.2, 0.25) is 0 Å². The third-order valence-electron chi connectivity index (χ3n) is 4.47. The highest BCUT2D eigenvalue weighted by Gasteiger charge is 2.34. The molecule has 92 valence electrons. The first-order valence-electron chi connectivity index (χ1n) is 6.70. The van der Waals surface area contributed by atoms with Gasteiger partial charge in [-0.05, 0) is 38.1 Å². The van der Waals surface area contributed by atoms with Gasteiger partial charge in [0.2, 0.25) is 5.91 Å². The van der Waals surface area contributed by atoms with E-state index in [-0.39, 0.29) is 0 Å². The van der Waals surface area contributed by atoms with Crippen LogP contribution in [0.15, 0.2) is 0 Å². The van der Waals surface area contributed by atoms with E-state index in [4.69, 9.17) is 5.73 Å². The van der Waals surface area contributed by atoms with Crippen molar-refractivity contribution in [2.75, 3.05) is 13.6 Å². The molecule has 0 aliphatic heterocycles. The van der Waals surface area contributed by atoms with Crippen molar-refractivity contribution in [3.05, 3.63) is 0 Å². The second kappa shape index (κ2) is 5.17. The Bertz CT molecular complexity index is 250. The molecule has 2 unspecified atom stereocenters. The van der Waals surface area contributed by atoms with Gasteiger partial charge in [0.15, 0.2) is 0 Å². The lowest BCUT2D eigenvalue weighted by Crippen LogP contribution is -2.48. The molecule has 0 aromatic carbocycles. The molecular formula is C13H24N2O. The minimum atomic E-state index is 0.324. The summed E-state index contributed by atoms with van der Waals surface area (Å²) in [6.45, 7) is 0.729. The molecule has 0 saturated heterocycles. The molecule has 0 aromatic heterocycles. The number of hydrogen-bond donors (Lipinski definition) is 1. The highest BCUT2D eigenvalue weighted by Crippen LogP contribution is 2.32. The van der Waals surface area contributed by atoms with Crippen LogP contribution in [0, 0.1) is 11.8 Å². The molecule has 0 bridgehead atoms. The molecule has 0 radical (unpaired) electrons. The van der Waals surface area contributed by atoms with Crippen LogP contribution >= 0.6 is 0 Å². The van der Waals surface area contributed by atoms with E-state index < -0.39 is 0 Å². The van der Waals surface area contributed by atoms with Gasteiger partial charge in [0.1, 0.15) is 0 Å². The van der Waals surface area contributed by atoms with Crippen molar-refractivity contribution in [1.29, 1.82) is 0 Å². The van der Waals surface area contributed by atoms with Crippen molar-refractivity contribution < 1.29 is 4.79 Å². The average molecular weight is 224 g/mol. The zero-order chi connectivity index (χ0) is 11.5. The molecule has 2 rings (SSSR count). The van der Waals surface area contributed by atoms with Crippen molar-refractivity contribution >= 4 is 5.91 Å². The zero-order valence-corrected chi connectivity index (χ0v) is 10.3. The first-order chi connectivity index (χ1) is 7.74. The Morgan fingerprint density at radius 2 is 1.88 bits per heavy atom. The number of amides is 1. The quantitative estimate of drug-likeness (QED) is 0.794. The monoisotopic (exact) mass is 224 g/mol. The van der Waals surface area contributed by atoms with Gasteiger partial charge in [0.05, 0.1) is 0 Å². The molecule has 2 fully saturated rings. The van der Waals surface area contributed by atoms with Gasteiger partial charge in [0, 0.05) is 19.0 Å². The Morgan fingerprint density at radius 3 is 2.44 bits per heavy atom. The molecule has 2 saturated carbocycles. The van der Waals surface area contributed by atoms with Gasteiger partial charge in [0.25, 0.3) is 0 Å². The van der Waals surface area contributed by atoms with Gasteiger partial charge in [-0.15, -0.1) is 0 Å². The lowest BCUT2D eigenvalue weighted by molar-refractivity contribution is -0.140. The predicted molar refractivity (Wildman–Crippen MR) is 64.9 cm³/mol. The van der Waals surface area contributed by atoms with Crippen LogP contribution in [0.25, 0.3) is 0 Å². The largest absolute Gasteiger partial charge is 0.342 e. The van der Waals surface area contributed by atoms with Crippen LogP contribution in [0.1, 0.15) is 44.9 Å². The van der Waals surface area contributed by atoms with E-state index in [0.717, 1.165) is 25.8 Å². The van der Waals surface area contributed by atoms with Crippen LogP contribution < -0.4 is 5.73 Å². The Morgan fingerprint density at radius 1 is 1.19 bits per heavy atom. The topological polar surface area (TPSA) is 46.3 Å². The molecule has 2 atom stereocenters. The van der Waals surface area contributed by atoms with E-state index >= 15 is 0 Å². The van der Waals surface area contributed by atoms with Crippen LogP contribution in [0.5, 0.6) is 0 Å². The van der Waals surface area contributed by atoms with E-state index in [2.05, 4.69) is 0 Å². The highest BCUT2D eigenvalue weighted by atomic mass is 16.2.